The van der Waals surface area contributed by atoms with Gasteiger partial charge in [0.05, 0.1) is 12.3 Å². The average molecular weight is 183 g/mol. The molecule has 0 aliphatic rings. The Hall–Kier alpha value is -0.870. The Kier molecular flexibility index (Phi) is 3.92. The molecule has 1 N–H and O–H groups in total. The SMILES string of the molecule is CCONCc1cn(C)nc1CC. The van der Waals surface area contributed by atoms with Crippen LogP contribution in [0.2, 0.25) is 0 Å². The van der Waals surface area contributed by atoms with Crippen molar-refractivity contribution in [3.63, 3.8) is 0 Å². The normalized spacial score (nSPS) is 10.7. The van der Waals surface area contributed by atoms with Crippen LogP contribution in [-0.4, -0.2) is 16.4 Å². The van der Waals surface area contributed by atoms with E-state index in [4.69, 9.17) is 4.84 Å². The summed E-state index contributed by atoms with van der Waals surface area (Å²) in [6, 6.07) is 0. The van der Waals surface area contributed by atoms with Gasteiger partial charge in [-0.25, -0.2) is 0 Å². The van der Waals surface area contributed by atoms with Gasteiger partial charge in [-0.2, -0.15) is 10.6 Å². The lowest BCUT2D eigenvalue weighted by Crippen LogP contribution is -2.14. The Labute approximate surface area is 78.8 Å². The first-order valence-corrected chi connectivity index (χ1v) is 4.64. The Bertz CT molecular complexity index is 257. The van der Waals surface area contributed by atoms with E-state index in [0.29, 0.717) is 6.61 Å². The van der Waals surface area contributed by atoms with Crippen molar-refractivity contribution in [1.29, 1.82) is 0 Å². The fraction of sp³-hybridized carbons (Fsp3) is 0.667. The van der Waals surface area contributed by atoms with Gasteiger partial charge >= 0.3 is 0 Å². The van der Waals surface area contributed by atoms with Gasteiger partial charge in [-0.3, -0.25) is 4.68 Å². The average Bonchev–Trinajstić information content (AvgIpc) is 2.47. The summed E-state index contributed by atoms with van der Waals surface area (Å²) in [4.78, 5) is 5.06. The van der Waals surface area contributed by atoms with Crippen LogP contribution in [0.5, 0.6) is 0 Å². The molecular weight excluding hydrogens is 166 g/mol. The maximum absolute atomic E-state index is 5.06. The largest absolute Gasteiger partial charge is 0.302 e. The van der Waals surface area contributed by atoms with Crippen LogP contribution in [0, 0.1) is 0 Å². The predicted molar refractivity (Wildman–Crippen MR) is 51.1 cm³/mol. The first-order chi connectivity index (χ1) is 6.27. The second-order valence-electron chi connectivity index (χ2n) is 2.88. The molecular formula is C9H17N3O. The zero-order chi connectivity index (χ0) is 9.68. The molecule has 0 amide bonds. The smallest absolute Gasteiger partial charge is 0.0667 e. The molecule has 1 heterocycles. The minimum absolute atomic E-state index is 0.682. The molecule has 0 unspecified atom stereocenters. The van der Waals surface area contributed by atoms with Gasteiger partial charge in [-0.1, -0.05) is 6.92 Å². The minimum Gasteiger partial charge on any atom is -0.302 e. The minimum atomic E-state index is 0.682. The lowest BCUT2D eigenvalue weighted by Gasteiger charge is -2.01. The number of nitrogens with zero attached hydrogens (tertiary/aromatic N) is 2. The second-order valence-corrected chi connectivity index (χ2v) is 2.88. The first kappa shape index (κ1) is 10.2. The third-order valence-corrected chi connectivity index (χ3v) is 1.84. The van der Waals surface area contributed by atoms with E-state index in [1.807, 2.05) is 24.9 Å². The predicted octanol–water partition coefficient (Wildman–Crippen LogP) is 1.02. The zero-order valence-electron chi connectivity index (χ0n) is 8.50. The molecule has 1 aromatic rings. The van der Waals surface area contributed by atoms with E-state index in [1.165, 1.54) is 5.56 Å². The number of aryl methyl sites for hydroxylation is 2. The van der Waals surface area contributed by atoms with Crippen LogP contribution in [0.25, 0.3) is 0 Å². The fourth-order valence-corrected chi connectivity index (χ4v) is 1.26. The molecule has 1 aromatic heterocycles. The Morgan fingerprint density at radius 2 is 2.31 bits per heavy atom. The highest BCUT2D eigenvalue weighted by Gasteiger charge is 2.04. The maximum atomic E-state index is 5.06. The highest BCUT2D eigenvalue weighted by atomic mass is 16.6. The Morgan fingerprint density at radius 3 is 2.92 bits per heavy atom. The lowest BCUT2D eigenvalue weighted by atomic mass is 10.2. The summed E-state index contributed by atoms with van der Waals surface area (Å²) in [6.07, 6.45) is 2.98. The standard InChI is InChI=1S/C9H17N3O/c1-4-9-8(6-10-13-5-2)7-12(3)11-9/h7,10H,4-6H2,1-3H3. The summed E-state index contributed by atoms with van der Waals surface area (Å²) in [7, 11) is 1.93. The van der Waals surface area contributed by atoms with E-state index in [9.17, 15) is 0 Å². The zero-order valence-corrected chi connectivity index (χ0v) is 8.50. The first-order valence-electron chi connectivity index (χ1n) is 4.64. The van der Waals surface area contributed by atoms with Crippen LogP contribution in [0.3, 0.4) is 0 Å². The van der Waals surface area contributed by atoms with Crippen molar-refractivity contribution >= 4 is 0 Å². The van der Waals surface area contributed by atoms with Gasteiger partial charge in [0.15, 0.2) is 0 Å². The molecule has 0 aliphatic heterocycles. The summed E-state index contributed by atoms with van der Waals surface area (Å²) in [5.41, 5.74) is 5.23. The lowest BCUT2D eigenvalue weighted by molar-refractivity contribution is 0.0462. The number of rotatable bonds is 5. The van der Waals surface area contributed by atoms with Gasteiger partial charge in [0.25, 0.3) is 0 Å². The molecule has 0 bridgehead atoms. The van der Waals surface area contributed by atoms with Gasteiger partial charge in [0.1, 0.15) is 0 Å². The van der Waals surface area contributed by atoms with Crippen LogP contribution < -0.4 is 5.48 Å². The summed E-state index contributed by atoms with van der Waals surface area (Å²) in [5, 5.41) is 4.33. The van der Waals surface area contributed by atoms with E-state index >= 15 is 0 Å². The molecule has 4 heteroatoms. The van der Waals surface area contributed by atoms with Crippen LogP contribution in [-0.2, 0) is 24.9 Å². The number of hydrogen-bond acceptors (Lipinski definition) is 3. The fourth-order valence-electron chi connectivity index (χ4n) is 1.26. The van der Waals surface area contributed by atoms with Crippen molar-refractivity contribution in [2.75, 3.05) is 6.61 Å². The number of aromatic nitrogens is 2. The van der Waals surface area contributed by atoms with Crippen molar-refractivity contribution in [3.05, 3.63) is 17.5 Å². The van der Waals surface area contributed by atoms with Gasteiger partial charge in [-0.15, -0.1) is 0 Å². The van der Waals surface area contributed by atoms with Gasteiger partial charge < -0.3 is 4.84 Å². The number of nitrogens with one attached hydrogen (secondary N) is 1. The van der Waals surface area contributed by atoms with Crippen molar-refractivity contribution in [2.24, 2.45) is 7.05 Å². The van der Waals surface area contributed by atoms with E-state index in [0.717, 1.165) is 18.7 Å². The topological polar surface area (TPSA) is 39.1 Å². The highest BCUT2D eigenvalue weighted by molar-refractivity contribution is 5.16. The van der Waals surface area contributed by atoms with Crippen molar-refractivity contribution in [2.45, 2.75) is 26.8 Å². The highest BCUT2D eigenvalue weighted by Crippen LogP contribution is 2.06. The number of hydrogen-bond donors (Lipinski definition) is 1. The molecule has 13 heavy (non-hydrogen) atoms. The van der Waals surface area contributed by atoms with E-state index in [1.54, 1.807) is 0 Å². The van der Waals surface area contributed by atoms with Crippen LogP contribution in [0.15, 0.2) is 6.20 Å². The van der Waals surface area contributed by atoms with E-state index in [-0.39, 0.29) is 0 Å². The molecule has 0 saturated heterocycles. The third kappa shape index (κ3) is 2.82. The quantitative estimate of drug-likeness (QED) is 0.547. The molecule has 0 aliphatic carbocycles. The number of hydroxylamine groups is 1. The molecule has 0 radical (unpaired) electrons. The summed E-state index contributed by atoms with van der Waals surface area (Å²) >= 11 is 0. The Morgan fingerprint density at radius 1 is 1.54 bits per heavy atom. The summed E-state index contributed by atoms with van der Waals surface area (Å²) < 4.78 is 1.84. The van der Waals surface area contributed by atoms with Crippen molar-refractivity contribution < 1.29 is 4.84 Å². The molecule has 74 valence electrons. The summed E-state index contributed by atoms with van der Waals surface area (Å²) in [6.45, 7) is 5.47. The third-order valence-electron chi connectivity index (χ3n) is 1.84. The molecule has 0 fully saturated rings. The monoisotopic (exact) mass is 183 g/mol. The van der Waals surface area contributed by atoms with Crippen molar-refractivity contribution in [3.8, 4) is 0 Å². The molecule has 0 saturated carbocycles. The van der Waals surface area contributed by atoms with Crippen molar-refractivity contribution in [1.82, 2.24) is 15.3 Å². The van der Waals surface area contributed by atoms with Crippen LogP contribution in [0.4, 0.5) is 0 Å². The van der Waals surface area contributed by atoms with Gasteiger partial charge in [0, 0.05) is 25.4 Å². The van der Waals surface area contributed by atoms with Crippen LogP contribution >= 0.6 is 0 Å². The Balaban J connectivity index is 2.53. The molecule has 1 rings (SSSR count). The molecule has 4 nitrogen and oxygen atoms in total. The van der Waals surface area contributed by atoms with Crippen LogP contribution in [0.1, 0.15) is 25.1 Å². The van der Waals surface area contributed by atoms with Gasteiger partial charge in [0.2, 0.25) is 0 Å². The van der Waals surface area contributed by atoms with E-state index in [2.05, 4.69) is 17.5 Å². The maximum Gasteiger partial charge on any atom is 0.0667 e. The molecule has 0 spiro atoms. The van der Waals surface area contributed by atoms with Gasteiger partial charge in [-0.05, 0) is 13.3 Å². The molecule has 0 atom stereocenters. The molecule has 0 aromatic carbocycles. The van der Waals surface area contributed by atoms with E-state index < -0.39 is 0 Å². The summed E-state index contributed by atoms with van der Waals surface area (Å²) in [5.74, 6) is 0. The second kappa shape index (κ2) is 4.99.